The lowest BCUT2D eigenvalue weighted by Crippen LogP contribution is -2.47. The van der Waals surface area contributed by atoms with E-state index in [2.05, 4.69) is 5.32 Å². The summed E-state index contributed by atoms with van der Waals surface area (Å²) in [5, 5.41) is 2.86. The van der Waals surface area contributed by atoms with Gasteiger partial charge in [-0.05, 0) is 45.0 Å². The molecule has 0 bridgehead atoms. The fourth-order valence-corrected chi connectivity index (χ4v) is 1.92. The normalized spacial score (nSPS) is 11.0. The van der Waals surface area contributed by atoms with Crippen LogP contribution in [-0.4, -0.2) is 38.0 Å². The second kappa shape index (κ2) is 6.61. The van der Waals surface area contributed by atoms with Crippen molar-refractivity contribution in [3.05, 3.63) is 24.3 Å². The summed E-state index contributed by atoms with van der Waals surface area (Å²) in [5.41, 5.74) is 1.45. The minimum absolute atomic E-state index is 0.0217. The second-order valence-electron chi connectivity index (χ2n) is 6.31. The Hall–Kier alpha value is -2.04. The molecule has 0 aliphatic heterocycles. The third-order valence-electron chi connectivity index (χ3n) is 2.87. The lowest BCUT2D eigenvalue weighted by atomic mass is 10.1. The van der Waals surface area contributed by atoms with E-state index in [0.29, 0.717) is 0 Å². The number of anilines is 2. The van der Waals surface area contributed by atoms with Crippen LogP contribution in [0.5, 0.6) is 0 Å². The van der Waals surface area contributed by atoms with Crippen molar-refractivity contribution < 1.29 is 9.59 Å². The molecule has 0 spiro atoms. The van der Waals surface area contributed by atoms with E-state index >= 15 is 0 Å². The standard InChI is InChI=1S/C16H25N3O2/c1-12(20)19(11-15(21)17-16(2,3)4)14-9-7-13(8-10-14)18(5)6/h7-10H,11H2,1-6H3,(H,17,21). The predicted octanol–water partition coefficient (Wildman–Crippen LogP) is 2.02. The third kappa shape index (κ3) is 5.45. The Morgan fingerprint density at radius 3 is 1.90 bits per heavy atom. The first-order valence-corrected chi connectivity index (χ1v) is 6.96. The van der Waals surface area contributed by atoms with E-state index in [1.165, 1.54) is 11.8 Å². The monoisotopic (exact) mass is 291 g/mol. The number of hydrogen-bond acceptors (Lipinski definition) is 3. The van der Waals surface area contributed by atoms with Crippen LogP contribution in [0.3, 0.4) is 0 Å². The van der Waals surface area contributed by atoms with Gasteiger partial charge in [0.2, 0.25) is 11.8 Å². The van der Waals surface area contributed by atoms with E-state index < -0.39 is 0 Å². The van der Waals surface area contributed by atoms with Crippen LogP contribution in [-0.2, 0) is 9.59 Å². The molecule has 0 aromatic heterocycles. The van der Waals surface area contributed by atoms with Crippen molar-refractivity contribution in [2.75, 3.05) is 30.4 Å². The average molecular weight is 291 g/mol. The quantitative estimate of drug-likeness (QED) is 0.923. The van der Waals surface area contributed by atoms with Gasteiger partial charge >= 0.3 is 0 Å². The van der Waals surface area contributed by atoms with Gasteiger partial charge in [-0.15, -0.1) is 0 Å². The van der Waals surface area contributed by atoms with Gasteiger partial charge in [0.1, 0.15) is 6.54 Å². The van der Waals surface area contributed by atoms with E-state index in [-0.39, 0.29) is 23.9 Å². The molecule has 2 amide bonds. The molecule has 1 aromatic carbocycles. The van der Waals surface area contributed by atoms with Crippen molar-refractivity contribution in [2.24, 2.45) is 0 Å². The first kappa shape index (κ1) is 17.0. The molecule has 21 heavy (non-hydrogen) atoms. The molecule has 116 valence electrons. The second-order valence-corrected chi connectivity index (χ2v) is 6.31. The van der Waals surface area contributed by atoms with Gasteiger partial charge in [-0.3, -0.25) is 9.59 Å². The molecule has 0 radical (unpaired) electrons. The van der Waals surface area contributed by atoms with Crippen LogP contribution in [0.1, 0.15) is 27.7 Å². The SMILES string of the molecule is CC(=O)N(CC(=O)NC(C)(C)C)c1ccc(N(C)C)cc1. The molecule has 0 aliphatic carbocycles. The van der Waals surface area contributed by atoms with Gasteiger partial charge in [-0.1, -0.05) is 0 Å². The summed E-state index contributed by atoms with van der Waals surface area (Å²) in [5.74, 6) is -0.328. The van der Waals surface area contributed by atoms with Gasteiger partial charge in [0.05, 0.1) is 0 Å². The highest BCUT2D eigenvalue weighted by Gasteiger charge is 2.19. The third-order valence-corrected chi connectivity index (χ3v) is 2.87. The Balaban J connectivity index is 2.87. The van der Waals surface area contributed by atoms with Crippen molar-refractivity contribution in [3.8, 4) is 0 Å². The number of carbonyl (C=O) groups is 2. The van der Waals surface area contributed by atoms with Crippen LogP contribution < -0.4 is 15.1 Å². The van der Waals surface area contributed by atoms with Gasteiger partial charge in [-0.2, -0.15) is 0 Å². The van der Waals surface area contributed by atoms with Gasteiger partial charge < -0.3 is 15.1 Å². The van der Waals surface area contributed by atoms with Crippen LogP contribution in [0.2, 0.25) is 0 Å². The highest BCUT2D eigenvalue weighted by Crippen LogP contribution is 2.19. The van der Waals surface area contributed by atoms with Crippen molar-refractivity contribution >= 4 is 23.2 Å². The molecule has 0 atom stereocenters. The Kier molecular flexibility index (Phi) is 5.35. The summed E-state index contributed by atoms with van der Waals surface area (Å²) in [6, 6.07) is 7.54. The molecule has 0 aliphatic rings. The number of nitrogens with one attached hydrogen (secondary N) is 1. The van der Waals surface area contributed by atoms with Crippen LogP contribution in [0.15, 0.2) is 24.3 Å². The molecule has 0 unspecified atom stereocenters. The van der Waals surface area contributed by atoms with E-state index in [4.69, 9.17) is 0 Å². The van der Waals surface area contributed by atoms with Crippen LogP contribution in [0.4, 0.5) is 11.4 Å². The van der Waals surface area contributed by atoms with Crippen molar-refractivity contribution in [1.29, 1.82) is 0 Å². The fraction of sp³-hybridized carbons (Fsp3) is 0.500. The lowest BCUT2D eigenvalue weighted by molar-refractivity contribution is -0.124. The zero-order valence-corrected chi connectivity index (χ0v) is 13.7. The Labute approximate surface area is 126 Å². The number of benzene rings is 1. The number of rotatable bonds is 4. The van der Waals surface area contributed by atoms with Crippen molar-refractivity contribution in [1.82, 2.24) is 5.32 Å². The minimum Gasteiger partial charge on any atom is -0.378 e. The molecule has 5 heteroatoms. The molecule has 0 heterocycles. The fourth-order valence-electron chi connectivity index (χ4n) is 1.92. The van der Waals surface area contributed by atoms with Crippen molar-refractivity contribution in [2.45, 2.75) is 33.2 Å². The molecule has 1 N–H and O–H groups in total. The topological polar surface area (TPSA) is 52.7 Å². The Morgan fingerprint density at radius 2 is 1.52 bits per heavy atom. The van der Waals surface area contributed by atoms with Gasteiger partial charge in [0.15, 0.2) is 0 Å². The zero-order chi connectivity index (χ0) is 16.2. The highest BCUT2D eigenvalue weighted by molar-refractivity contribution is 5.97. The molecular weight excluding hydrogens is 266 g/mol. The Morgan fingerprint density at radius 1 is 1.05 bits per heavy atom. The summed E-state index contributed by atoms with van der Waals surface area (Å²) in [4.78, 5) is 27.3. The molecule has 0 saturated heterocycles. The van der Waals surface area contributed by atoms with Crippen LogP contribution in [0, 0.1) is 0 Å². The summed E-state index contributed by atoms with van der Waals surface area (Å²) < 4.78 is 0. The molecular formula is C16H25N3O2. The van der Waals surface area contributed by atoms with Gasteiger partial charge in [0.25, 0.3) is 0 Å². The largest absolute Gasteiger partial charge is 0.378 e. The van der Waals surface area contributed by atoms with E-state index in [1.54, 1.807) is 0 Å². The highest BCUT2D eigenvalue weighted by atomic mass is 16.2. The molecule has 5 nitrogen and oxygen atoms in total. The van der Waals surface area contributed by atoms with Gasteiger partial charge in [0, 0.05) is 37.9 Å². The van der Waals surface area contributed by atoms with Gasteiger partial charge in [-0.25, -0.2) is 0 Å². The smallest absolute Gasteiger partial charge is 0.240 e. The summed E-state index contributed by atoms with van der Waals surface area (Å²) in [7, 11) is 3.91. The summed E-state index contributed by atoms with van der Waals surface area (Å²) in [6.45, 7) is 7.22. The maximum absolute atomic E-state index is 12.0. The zero-order valence-electron chi connectivity index (χ0n) is 13.7. The Bertz CT molecular complexity index is 501. The predicted molar refractivity (Wildman–Crippen MR) is 86.7 cm³/mol. The molecule has 0 fully saturated rings. The summed E-state index contributed by atoms with van der Waals surface area (Å²) in [6.07, 6.45) is 0. The lowest BCUT2D eigenvalue weighted by Gasteiger charge is -2.25. The van der Waals surface area contributed by atoms with Crippen LogP contribution in [0.25, 0.3) is 0 Å². The first-order valence-electron chi connectivity index (χ1n) is 6.96. The molecule has 0 saturated carbocycles. The maximum Gasteiger partial charge on any atom is 0.240 e. The molecule has 1 rings (SSSR count). The number of hydrogen-bond donors (Lipinski definition) is 1. The number of nitrogens with zero attached hydrogens (tertiary/aromatic N) is 2. The summed E-state index contributed by atoms with van der Waals surface area (Å²) >= 11 is 0. The number of carbonyl (C=O) groups excluding carboxylic acids is 2. The van der Waals surface area contributed by atoms with E-state index in [0.717, 1.165) is 11.4 Å². The van der Waals surface area contributed by atoms with Crippen LogP contribution >= 0.6 is 0 Å². The average Bonchev–Trinajstić information content (AvgIpc) is 2.33. The number of amides is 2. The van der Waals surface area contributed by atoms with Crippen molar-refractivity contribution in [3.63, 3.8) is 0 Å². The molecule has 1 aromatic rings. The minimum atomic E-state index is -0.311. The van der Waals surface area contributed by atoms with E-state index in [9.17, 15) is 9.59 Å². The first-order chi connectivity index (χ1) is 9.60. The van der Waals surface area contributed by atoms with E-state index in [1.807, 2.05) is 64.0 Å². The maximum atomic E-state index is 12.0.